The zero-order valence-electron chi connectivity index (χ0n) is 12.4. The van der Waals surface area contributed by atoms with Gasteiger partial charge in [-0.05, 0) is 25.1 Å². The van der Waals surface area contributed by atoms with E-state index in [0.29, 0.717) is 11.4 Å². The number of nitrogens with zero attached hydrogens (tertiary/aromatic N) is 3. The number of amides is 1. The fraction of sp³-hybridized carbons (Fsp3) is 0.0588. The Hall–Kier alpha value is -3.46. The van der Waals surface area contributed by atoms with Crippen molar-refractivity contribution in [3.63, 3.8) is 0 Å². The smallest absolute Gasteiger partial charge is 0.265 e. The zero-order valence-corrected chi connectivity index (χ0v) is 12.4. The molecule has 0 saturated heterocycles. The van der Waals surface area contributed by atoms with E-state index in [1.54, 1.807) is 31.5 Å². The summed E-state index contributed by atoms with van der Waals surface area (Å²) in [6.07, 6.45) is 4.93. The summed E-state index contributed by atoms with van der Waals surface area (Å²) in [4.78, 5) is 23.8. The minimum Gasteiger partial charge on any atom is -0.345 e. The summed E-state index contributed by atoms with van der Waals surface area (Å²) in [7, 11) is 0. The standard InChI is InChI=1S/C17H13N5O/c1-2-11(9-18)17(23)21-13-5-3-4-12(8-13)15-10-20-16-14(22-15)6-7-19-16/h2-8,10H,1H3,(H,19,20)(H,21,23)/b11-2+. The Balaban J connectivity index is 1.90. The number of aromatic nitrogens is 3. The van der Waals surface area contributed by atoms with E-state index >= 15 is 0 Å². The highest BCUT2D eigenvalue weighted by molar-refractivity contribution is 6.06. The fourth-order valence-electron chi connectivity index (χ4n) is 2.17. The monoisotopic (exact) mass is 303 g/mol. The van der Waals surface area contributed by atoms with Crippen LogP contribution in [0.5, 0.6) is 0 Å². The molecule has 0 aliphatic carbocycles. The molecular weight excluding hydrogens is 290 g/mol. The first-order valence-electron chi connectivity index (χ1n) is 6.99. The molecule has 2 aromatic heterocycles. The van der Waals surface area contributed by atoms with Crippen LogP contribution >= 0.6 is 0 Å². The third kappa shape index (κ3) is 2.94. The van der Waals surface area contributed by atoms with Gasteiger partial charge in [0.05, 0.1) is 11.9 Å². The van der Waals surface area contributed by atoms with Gasteiger partial charge in [0, 0.05) is 17.4 Å². The summed E-state index contributed by atoms with van der Waals surface area (Å²) in [6.45, 7) is 1.65. The van der Waals surface area contributed by atoms with Crippen LogP contribution in [0.25, 0.3) is 22.4 Å². The van der Waals surface area contributed by atoms with Gasteiger partial charge in [-0.3, -0.25) is 4.79 Å². The van der Waals surface area contributed by atoms with Gasteiger partial charge in [0.2, 0.25) is 0 Å². The Morgan fingerprint density at radius 3 is 3.04 bits per heavy atom. The van der Waals surface area contributed by atoms with Gasteiger partial charge < -0.3 is 10.3 Å². The second-order valence-corrected chi connectivity index (χ2v) is 4.82. The number of aromatic amines is 1. The van der Waals surface area contributed by atoms with E-state index in [4.69, 9.17) is 5.26 Å². The van der Waals surface area contributed by atoms with E-state index in [2.05, 4.69) is 20.3 Å². The lowest BCUT2D eigenvalue weighted by Crippen LogP contribution is -2.13. The molecule has 0 radical (unpaired) electrons. The number of benzene rings is 1. The van der Waals surface area contributed by atoms with Crippen LogP contribution in [0.1, 0.15) is 6.92 Å². The molecule has 0 atom stereocenters. The van der Waals surface area contributed by atoms with Gasteiger partial charge in [0.15, 0.2) is 5.65 Å². The molecule has 1 aromatic carbocycles. The minimum atomic E-state index is -0.431. The van der Waals surface area contributed by atoms with Crippen molar-refractivity contribution in [2.75, 3.05) is 5.32 Å². The van der Waals surface area contributed by atoms with Crippen molar-refractivity contribution in [3.8, 4) is 17.3 Å². The van der Waals surface area contributed by atoms with Gasteiger partial charge in [0.25, 0.3) is 5.91 Å². The van der Waals surface area contributed by atoms with Crippen molar-refractivity contribution in [2.45, 2.75) is 6.92 Å². The molecule has 6 heteroatoms. The highest BCUT2D eigenvalue weighted by Gasteiger charge is 2.09. The first-order chi connectivity index (χ1) is 11.2. The summed E-state index contributed by atoms with van der Waals surface area (Å²) in [6, 6.07) is 11.0. The molecule has 2 N–H and O–H groups in total. The normalized spacial score (nSPS) is 11.2. The predicted molar refractivity (Wildman–Crippen MR) is 87.3 cm³/mol. The summed E-state index contributed by atoms with van der Waals surface area (Å²) in [5.41, 5.74) is 3.71. The van der Waals surface area contributed by atoms with Gasteiger partial charge in [-0.25, -0.2) is 9.97 Å². The van der Waals surface area contributed by atoms with Crippen molar-refractivity contribution in [1.29, 1.82) is 5.26 Å². The fourth-order valence-corrected chi connectivity index (χ4v) is 2.17. The van der Waals surface area contributed by atoms with Crippen LogP contribution in [-0.4, -0.2) is 20.9 Å². The second-order valence-electron chi connectivity index (χ2n) is 4.82. The molecule has 2 heterocycles. The summed E-state index contributed by atoms with van der Waals surface area (Å²) in [5, 5.41) is 11.6. The van der Waals surface area contributed by atoms with Gasteiger partial charge in [-0.2, -0.15) is 5.26 Å². The minimum absolute atomic E-state index is 0.0731. The highest BCUT2D eigenvalue weighted by Crippen LogP contribution is 2.22. The number of anilines is 1. The molecule has 0 bridgehead atoms. The third-order valence-corrected chi connectivity index (χ3v) is 3.33. The van der Waals surface area contributed by atoms with Crippen molar-refractivity contribution in [3.05, 3.63) is 54.4 Å². The quantitative estimate of drug-likeness (QED) is 0.574. The molecule has 1 amide bonds. The van der Waals surface area contributed by atoms with Crippen molar-refractivity contribution in [2.24, 2.45) is 0 Å². The lowest BCUT2D eigenvalue weighted by Gasteiger charge is -2.06. The predicted octanol–water partition coefficient (Wildman–Crippen LogP) is 3.03. The maximum Gasteiger partial charge on any atom is 0.265 e. The van der Waals surface area contributed by atoms with Crippen LogP contribution < -0.4 is 5.32 Å². The summed E-state index contributed by atoms with van der Waals surface area (Å²) >= 11 is 0. The number of nitrogens with one attached hydrogen (secondary N) is 2. The van der Waals surface area contributed by atoms with E-state index in [0.717, 1.165) is 16.7 Å². The summed E-state index contributed by atoms with van der Waals surface area (Å²) < 4.78 is 0. The topological polar surface area (TPSA) is 94.5 Å². The van der Waals surface area contributed by atoms with E-state index < -0.39 is 5.91 Å². The molecule has 3 rings (SSSR count). The van der Waals surface area contributed by atoms with Gasteiger partial charge >= 0.3 is 0 Å². The highest BCUT2D eigenvalue weighted by atomic mass is 16.1. The van der Waals surface area contributed by atoms with Crippen LogP contribution in [0.2, 0.25) is 0 Å². The molecule has 0 aliphatic heterocycles. The number of allylic oxidation sites excluding steroid dienone is 1. The van der Waals surface area contributed by atoms with Crippen LogP contribution in [-0.2, 0) is 4.79 Å². The van der Waals surface area contributed by atoms with E-state index in [1.807, 2.05) is 24.3 Å². The Morgan fingerprint density at radius 1 is 1.39 bits per heavy atom. The van der Waals surface area contributed by atoms with Gasteiger partial charge in [0.1, 0.15) is 17.2 Å². The number of carbonyl (C=O) groups is 1. The number of rotatable bonds is 3. The molecule has 0 fully saturated rings. The number of H-pyrrole nitrogens is 1. The molecule has 0 aliphatic rings. The number of carbonyl (C=O) groups excluding carboxylic acids is 1. The molecule has 0 saturated carbocycles. The van der Waals surface area contributed by atoms with E-state index in [9.17, 15) is 4.79 Å². The average molecular weight is 303 g/mol. The van der Waals surface area contributed by atoms with Crippen LogP contribution in [0, 0.1) is 11.3 Å². The SMILES string of the molecule is C/C=C(\C#N)C(=O)Nc1cccc(-c2cnc3[nH]ccc3n2)c1. The van der Waals surface area contributed by atoms with Crippen molar-refractivity contribution < 1.29 is 4.79 Å². The largest absolute Gasteiger partial charge is 0.345 e. The van der Waals surface area contributed by atoms with Crippen LogP contribution in [0.3, 0.4) is 0 Å². The number of hydrogen-bond acceptors (Lipinski definition) is 4. The molecule has 112 valence electrons. The van der Waals surface area contributed by atoms with Crippen molar-refractivity contribution in [1.82, 2.24) is 15.0 Å². The van der Waals surface area contributed by atoms with E-state index in [1.165, 1.54) is 6.08 Å². The number of hydrogen-bond donors (Lipinski definition) is 2. The van der Waals surface area contributed by atoms with Crippen LogP contribution in [0.15, 0.2) is 54.4 Å². The first-order valence-corrected chi connectivity index (χ1v) is 6.99. The zero-order chi connectivity index (χ0) is 16.2. The maximum absolute atomic E-state index is 11.9. The lowest BCUT2D eigenvalue weighted by atomic mass is 10.1. The molecular formula is C17H13N5O. The number of nitriles is 1. The van der Waals surface area contributed by atoms with Gasteiger partial charge in [-0.1, -0.05) is 18.2 Å². The van der Waals surface area contributed by atoms with Crippen LogP contribution in [0.4, 0.5) is 5.69 Å². The van der Waals surface area contributed by atoms with E-state index in [-0.39, 0.29) is 5.57 Å². The second kappa shape index (κ2) is 6.12. The maximum atomic E-state index is 11.9. The third-order valence-electron chi connectivity index (χ3n) is 3.33. The average Bonchev–Trinajstić information content (AvgIpc) is 3.04. The molecule has 23 heavy (non-hydrogen) atoms. The Morgan fingerprint density at radius 2 is 2.26 bits per heavy atom. The lowest BCUT2D eigenvalue weighted by molar-refractivity contribution is -0.112. The number of fused-ring (bicyclic) bond motifs is 1. The Bertz CT molecular complexity index is 949. The van der Waals surface area contributed by atoms with Crippen molar-refractivity contribution >= 4 is 22.8 Å². The first kappa shape index (κ1) is 14.5. The van der Waals surface area contributed by atoms with Gasteiger partial charge in [-0.15, -0.1) is 0 Å². The molecule has 0 unspecified atom stereocenters. The molecule has 0 spiro atoms. The summed E-state index contributed by atoms with van der Waals surface area (Å²) in [5.74, 6) is -0.431. The molecule has 3 aromatic rings. The molecule has 6 nitrogen and oxygen atoms in total. The Labute approximate surface area is 132 Å². The Kier molecular flexibility index (Phi) is 3.85.